The summed E-state index contributed by atoms with van der Waals surface area (Å²) in [5.74, 6) is -0.00340. The number of benzene rings is 1. The largest absolute Gasteiger partial charge is 0.467 e. The lowest BCUT2D eigenvalue weighted by Gasteiger charge is -2.17. The van der Waals surface area contributed by atoms with Crippen LogP contribution in [0.5, 0.6) is 0 Å². The first-order chi connectivity index (χ1) is 11.4. The van der Waals surface area contributed by atoms with E-state index in [4.69, 9.17) is 20.8 Å². The molecule has 0 radical (unpaired) electrons. The van der Waals surface area contributed by atoms with Gasteiger partial charge >= 0.3 is 5.97 Å². The molecule has 0 bridgehead atoms. The van der Waals surface area contributed by atoms with Gasteiger partial charge in [0.1, 0.15) is 11.8 Å². The lowest BCUT2D eigenvalue weighted by atomic mass is 10.0. The van der Waals surface area contributed by atoms with E-state index in [0.29, 0.717) is 17.2 Å². The molecule has 1 aromatic heterocycles. The van der Waals surface area contributed by atoms with E-state index in [9.17, 15) is 9.59 Å². The second kappa shape index (κ2) is 8.02. The van der Waals surface area contributed by atoms with Gasteiger partial charge < -0.3 is 14.5 Å². The Morgan fingerprint density at radius 1 is 1.17 bits per heavy atom. The molecule has 1 N–H and O–H groups in total. The summed E-state index contributed by atoms with van der Waals surface area (Å²) in [7, 11) is 1.30. The molecule has 0 aliphatic carbocycles. The van der Waals surface area contributed by atoms with Crippen LogP contribution < -0.4 is 5.32 Å². The van der Waals surface area contributed by atoms with Crippen LogP contribution >= 0.6 is 11.6 Å². The lowest BCUT2D eigenvalue weighted by Crippen LogP contribution is -2.42. The van der Waals surface area contributed by atoms with Crippen molar-refractivity contribution in [2.75, 3.05) is 7.11 Å². The van der Waals surface area contributed by atoms with Crippen molar-refractivity contribution in [3.63, 3.8) is 0 Å². The van der Waals surface area contributed by atoms with Gasteiger partial charge in [-0.25, -0.2) is 4.79 Å². The van der Waals surface area contributed by atoms with Gasteiger partial charge in [0.05, 0.1) is 7.11 Å². The number of carbonyl (C=O) groups is 2. The van der Waals surface area contributed by atoms with Crippen molar-refractivity contribution >= 4 is 23.5 Å². The third kappa shape index (κ3) is 4.61. The highest BCUT2D eigenvalue weighted by Crippen LogP contribution is 2.24. The van der Waals surface area contributed by atoms with Crippen molar-refractivity contribution in [2.24, 2.45) is 5.92 Å². The van der Waals surface area contributed by atoms with Crippen LogP contribution in [0, 0.1) is 5.92 Å². The monoisotopic (exact) mass is 349 g/mol. The Morgan fingerprint density at radius 3 is 2.42 bits per heavy atom. The van der Waals surface area contributed by atoms with Gasteiger partial charge in [0.15, 0.2) is 5.76 Å². The quantitative estimate of drug-likeness (QED) is 0.802. The number of nitrogens with one attached hydrogen (secondary N) is 1. The van der Waals surface area contributed by atoms with Crippen LogP contribution in [0.1, 0.15) is 30.8 Å². The first-order valence-electron chi connectivity index (χ1n) is 7.65. The summed E-state index contributed by atoms with van der Waals surface area (Å²) in [5.41, 5.74) is 0.810. The molecule has 128 valence electrons. The smallest absolute Gasteiger partial charge is 0.328 e. The van der Waals surface area contributed by atoms with Gasteiger partial charge in [0, 0.05) is 10.6 Å². The summed E-state index contributed by atoms with van der Waals surface area (Å²) in [4.78, 5) is 24.1. The molecule has 0 saturated carbocycles. The number of carbonyl (C=O) groups excluding carboxylic acids is 2. The van der Waals surface area contributed by atoms with E-state index >= 15 is 0 Å². The van der Waals surface area contributed by atoms with E-state index in [0.717, 1.165) is 5.56 Å². The number of ether oxygens (including phenoxy) is 1. The number of hydrogen-bond acceptors (Lipinski definition) is 4. The van der Waals surface area contributed by atoms with E-state index in [1.54, 1.807) is 36.4 Å². The fourth-order valence-corrected chi connectivity index (χ4v) is 2.41. The second-order valence-corrected chi connectivity index (χ2v) is 6.29. The Balaban J connectivity index is 2.12. The summed E-state index contributed by atoms with van der Waals surface area (Å²) in [6.07, 6.45) is 0.489. The zero-order valence-corrected chi connectivity index (χ0v) is 14.6. The topological polar surface area (TPSA) is 68.5 Å². The average molecular weight is 350 g/mol. The normalized spacial score (nSPS) is 12.0. The molecule has 1 amide bonds. The van der Waals surface area contributed by atoms with Gasteiger partial charge in [0.25, 0.3) is 5.91 Å². The van der Waals surface area contributed by atoms with Crippen LogP contribution in [-0.4, -0.2) is 25.0 Å². The molecule has 0 aliphatic rings. The second-order valence-electron chi connectivity index (χ2n) is 5.85. The molecule has 24 heavy (non-hydrogen) atoms. The summed E-state index contributed by atoms with van der Waals surface area (Å²) in [6, 6.07) is 9.67. The molecule has 0 aliphatic heterocycles. The lowest BCUT2D eigenvalue weighted by molar-refractivity contribution is -0.143. The molecule has 6 heteroatoms. The van der Waals surface area contributed by atoms with Crippen molar-refractivity contribution in [1.82, 2.24) is 5.32 Å². The Bertz CT molecular complexity index is 706. The molecular weight excluding hydrogens is 330 g/mol. The Kier molecular flexibility index (Phi) is 6.04. The molecule has 2 rings (SSSR count). The molecule has 0 fully saturated rings. The number of halogens is 1. The summed E-state index contributed by atoms with van der Waals surface area (Å²) < 4.78 is 10.3. The Hall–Kier alpha value is -2.27. The van der Waals surface area contributed by atoms with Crippen LogP contribution in [-0.2, 0) is 9.53 Å². The summed E-state index contributed by atoms with van der Waals surface area (Å²) in [5, 5.41) is 3.28. The number of hydrogen-bond donors (Lipinski definition) is 1. The maximum atomic E-state index is 12.3. The zero-order chi connectivity index (χ0) is 17.7. The van der Waals surface area contributed by atoms with Crippen LogP contribution in [0.4, 0.5) is 0 Å². The molecule has 1 atom stereocenters. The average Bonchev–Trinajstić information content (AvgIpc) is 3.03. The molecule has 1 unspecified atom stereocenters. The molecule has 1 aromatic carbocycles. The minimum Gasteiger partial charge on any atom is -0.467 e. The summed E-state index contributed by atoms with van der Waals surface area (Å²) >= 11 is 5.86. The highest BCUT2D eigenvalue weighted by atomic mass is 35.5. The predicted molar refractivity (Wildman–Crippen MR) is 91.9 cm³/mol. The number of furan rings is 1. The van der Waals surface area contributed by atoms with Crippen molar-refractivity contribution < 1.29 is 18.7 Å². The van der Waals surface area contributed by atoms with Crippen LogP contribution in [0.3, 0.4) is 0 Å². The summed E-state index contributed by atoms with van der Waals surface area (Å²) in [6.45, 7) is 3.93. The zero-order valence-electron chi connectivity index (χ0n) is 13.8. The predicted octanol–water partition coefficient (Wildman–Crippen LogP) is 3.92. The van der Waals surface area contributed by atoms with Crippen LogP contribution in [0.15, 0.2) is 40.8 Å². The van der Waals surface area contributed by atoms with Crippen molar-refractivity contribution in [3.8, 4) is 11.3 Å². The molecule has 5 nitrogen and oxygen atoms in total. The number of esters is 1. The SMILES string of the molecule is COC(=O)C(CC(C)C)NC(=O)c1ccc(-c2ccc(Cl)cc2)o1. The molecule has 1 heterocycles. The molecule has 2 aromatic rings. The molecular formula is C18H20ClNO4. The van der Waals surface area contributed by atoms with Gasteiger partial charge in [-0.3, -0.25) is 4.79 Å². The van der Waals surface area contributed by atoms with Crippen molar-refractivity contribution in [3.05, 3.63) is 47.2 Å². The molecule has 0 spiro atoms. The van der Waals surface area contributed by atoms with Crippen molar-refractivity contribution in [1.29, 1.82) is 0 Å². The maximum absolute atomic E-state index is 12.3. The van der Waals surface area contributed by atoms with Gasteiger partial charge in [-0.1, -0.05) is 25.4 Å². The van der Waals surface area contributed by atoms with E-state index in [2.05, 4.69) is 5.32 Å². The van der Waals surface area contributed by atoms with Gasteiger partial charge in [-0.15, -0.1) is 0 Å². The van der Waals surface area contributed by atoms with Gasteiger partial charge in [-0.05, 0) is 48.7 Å². The minimum absolute atomic E-state index is 0.137. The van der Waals surface area contributed by atoms with E-state index in [-0.39, 0.29) is 11.7 Å². The van der Waals surface area contributed by atoms with E-state index in [1.807, 2.05) is 13.8 Å². The Labute approximate surface area is 145 Å². The first kappa shape index (κ1) is 18.1. The number of rotatable bonds is 6. The standard InChI is InChI=1S/C18H20ClNO4/c1-11(2)10-14(18(22)23-3)20-17(21)16-9-8-15(24-16)12-4-6-13(19)7-5-12/h4-9,11,14H,10H2,1-3H3,(H,20,21). The van der Waals surface area contributed by atoms with E-state index in [1.165, 1.54) is 7.11 Å². The number of amides is 1. The number of methoxy groups -OCH3 is 1. The van der Waals surface area contributed by atoms with Gasteiger partial charge in [0.2, 0.25) is 0 Å². The maximum Gasteiger partial charge on any atom is 0.328 e. The highest BCUT2D eigenvalue weighted by Gasteiger charge is 2.24. The minimum atomic E-state index is -0.702. The molecule has 0 saturated heterocycles. The third-order valence-corrected chi connectivity index (χ3v) is 3.71. The van der Waals surface area contributed by atoms with Crippen LogP contribution in [0.25, 0.3) is 11.3 Å². The van der Waals surface area contributed by atoms with Gasteiger partial charge in [-0.2, -0.15) is 0 Å². The Morgan fingerprint density at radius 2 is 1.83 bits per heavy atom. The fourth-order valence-electron chi connectivity index (χ4n) is 2.29. The first-order valence-corrected chi connectivity index (χ1v) is 8.03. The van der Waals surface area contributed by atoms with Crippen molar-refractivity contribution in [2.45, 2.75) is 26.3 Å². The third-order valence-electron chi connectivity index (χ3n) is 3.46. The van der Waals surface area contributed by atoms with Crippen LogP contribution in [0.2, 0.25) is 5.02 Å². The fraction of sp³-hybridized carbons (Fsp3) is 0.333. The van der Waals surface area contributed by atoms with E-state index < -0.39 is 17.9 Å². The highest BCUT2D eigenvalue weighted by molar-refractivity contribution is 6.30.